The number of hydrogen-bond donors (Lipinski definition) is 0. The molecule has 0 nitrogen and oxygen atoms in total. The minimum Gasteiger partial charge on any atom is -0.171 e. The maximum absolute atomic E-state index is 12.1. The zero-order chi connectivity index (χ0) is 88.1. The van der Waals surface area contributed by atoms with Crippen molar-refractivity contribution in [3.63, 3.8) is 0 Å². The molecule has 0 aliphatic carbocycles. The van der Waals surface area contributed by atoms with E-state index in [1.165, 1.54) is 62.3 Å². The first kappa shape index (κ1) is 124. The quantitative estimate of drug-likeness (QED) is 0.113. The van der Waals surface area contributed by atoms with E-state index in [0.29, 0.717) is 55.8 Å². The minimum atomic E-state index is -5.19. The van der Waals surface area contributed by atoms with Gasteiger partial charge in [0, 0.05) is 12.8 Å². The summed E-state index contributed by atoms with van der Waals surface area (Å²) in [6.07, 6.45) is -48.0. The lowest BCUT2D eigenvalue weighted by molar-refractivity contribution is -0.288. The highest BCUT2D eigenvalue weighted by atomic mass is 19.5. The molecule has 0 bridgehead atoms. The standard InChI is InChI=1S/C8H15F3.C8H18.2C7H10F6.6C7H13F3/c1-5(2)6(3)7(4)8(9,10)11;1-7(2,3)8(4,5)6;1-4(2)3-5(6(8,9)10)7(11,12)13;1-2-3-4-5(6(8,9)10)7(11,12)13;1-5(2)6(3,4)7(8,9)10;1-4-6(2,3)5-7(8,9)10;1-4-5-6(2,3)7(8,9)10;2*1-4-5(2)6(3)7(8,9)10;1-3-6(4-2)5-7(8,9)10/h5-7H,1-4H3;1-6H3;4-5H,3H2,1-2H3;5H,2-4H2,1H3;5H,1-4H3;2*4-5H2,1-3H3;2*5-6H,4H2,1-3H3;6H,3-5H2,1-2H3/t6-,7?;;;;;;;5?,6-;5-,6?;/m1......10./s1. The van der Waals surface area contributed by atoms with E-state index in [0.717, 1.165) is 0 Å². The van der Waals surface area contributed by atoms with Crippen molar-refractivity contribution in [2.24, 2.45) is 98.1 Å². The molecule has 3 unspecified atom stereocenters. The molecule has 33 heteroatoms. The lowest BCUT2D eigenvalue weighted by Gasteiger charge is -2.34. The third-order valence-corrected chi connectivity index (χ3v) is 18.9. The molecule has 0 amide bonds. The highest BCUT2D eigenvalue weighted by molar-refractivity contribution is 4.81. The predicted molar refractivity (Wildman–Crippen MR) is 357 cm³/mol. The molecule has 0 aromatic rings. The fourth-order valence-electron chi connectivity index (χ4n) is 6.74. The molecule has 0 radical (unpaired) electrons. The van der Waals surface area contributed by atoms with Crippen molar-refractivity contribution in [2.75, 3.05) is 0 Å². The molecule has 0 aliphatic rings. The van der Waals surface area contributed by atoms with Crippen molar-refractivity contribution < 1.29 is 145 Å². The first-order valence-corrected chi connectivity index (χ1v) is 35.0. The van der Waals surface area contributed by atoms with Gasteiger partial charge in [-0.3, -0.25) is 0 Å². The van der Waals surface area contributed by atoms with Crippen LogP contribution in [0.1, 0.15) is 298 Å². The van der Waals surface area contributed by atoms with Gasteiger partial charge < -0.3 is 0 Å². The Kier molecular flexibility index (Phi) is 59.6. The topological polar surface area (TPSA) is 0 Å². The lowest BCUT2D eigenvalue weighted by Crippen LogP contribution is -2.37. The van der Waals surface area contributed by atoms with E-state index in [9.17, 15) is 145 Å². The van der Waals surface area contributed by atoms with Crippen molar-refractivity contribution >= 4 is 0 Å². The van der Waals surface area contributed by atoms with Crippen LogP contribution in [0.5, 0.6) is 0 Å². The van der Waals surface area contributed by atoms with Crippen LogP contribution in [0.3, 0.4) is 0 Å². The second-order valence-corrected chi connectivity index (χ2v) is 31.7. The summed E-state index contributed by atoms with van der Waals surface area (Å²) in [6.45, 7) is 52.0. The van der Waals surface area contributed by atoms with Gasteiger partial charge in [-0.2, -0.15) is 145 Å². The van der Waals surface area contributed by atoms with Gasteiger partial charge in [-0.15, -0.1) is 0 Å². The summed E-state index contributed by atoms with van der Waals surface area (Å²) in [4.78, 5) is 0. The van der Waals surface area contributed by atoms with Gasteiger partial charge in [0.2, 0.25) is 0 Å². The van der Waals surface area contributed by atoms with Crippen LogP contribution in [0.2, 0.25) is 0 Å². The van der Waals surface area contributed by atoms with E-state index in [1.807, 2.05) is 13.8 Å². The van der Waals surface area contributed by atoms with E-state index in [1.54, 1.807) is 96.9 Å². The van der Waals surface area contributed by atoms with Crippen molar-refractivity contribution in [3.8, 4) is 0 Å². The second kappa shape index (κ2) is 50.6. The van der Waals surface area contributed by atoms with Gasteiger partial charge in [0.15, 0.2) is 11.8 Å². The van der Waals surface area contributed by atoms with E-state index in [4.69, 9.17) is 0 Å². The normalized spacial score (nSPS) is 15.3. The smallest absolute Gasteiger partial charge is 0.171 e. The highest BCUT2D eigenvalue weighted by Crippen LogP contribution is 2.47. The Hall–Kier alpha value is -2.31. The zero-order valence-electron chi connectivity index (χ0n) is 67.6. The van der Waals surface area contributed by atoms with E-state index < -0.39 is 145 Å². The average molecular weight is 1620 g/mol. The van der Waals surface area contributed by atoms with Crippen LogP contribution in [-0.2, 0) is 0 Å². The number of rotatable bonds is 19. The lowest BCUT2D eigenvalue weighted by atomic mass is 9.71. The van der Waals surface area contributed by atoms with Gasteiger partial charge in [-0.05, 0) is 76.9 Å². The van der Waals surface area contributed by atoms with Gasteiger partial charge in [-0.25, -0.2) is 0 Å². The molecule has 6 atom stereocenters. The Balaban J connectivity index is -0.000000120. The van der Waals surface area contributed by atoms with Gasteiger partial charge in [-0.1, -0.05) is 266 Å². The third-order valence-electron chi connectivity index (χ3n) is 18.9. The fourth-order valence-corrected chi connectivity index (χ4v) is 6.74. The van der Waals surface area contributed by atoms with Crippen molar-refractivity contribution in [3.05, 3.63) is 0 Å². The van der Waals surface area contributed by atoms with E-state index >= 15 is 0 Å². The first-order valence-electron chi connectivity index (χ1n) is 35.0. The molecule has 0 heterocycles. The molecule has 0 saturated carbocycles. The zero-order valence-corrected chi connectivity index (χ0v) is 67.6. The van der Waals surface area contributed by atoms with Gasteiger partial charge in [0.1, 0.15) is 0 Å². The van der Waals surface area contributed by atoms with Crippen LogP contribution in [-0.4, -0.2) is 67.9 Å². The Labute approximate surface area is 607 Å². The molecule has 0 saturated heterocycles. The maximum Gasteiger partial charge on any atom is 0.400 e. The Bertz CT molecular complexity index is 1960. The van der Waals surface area contributed by atoms with Crippen molar-refractivity contribution in [1.82, 2.24) is 0 Å². The summed E-state index contributed by atoms with van der Waals surface area (Å²) < 4.78 is 392. The van der Waals surface area contributed by atoms with Crippen LogP contribution in [0.15, 0.2) is 0 Å². The molecule has 0 spiro atoms. The Morgan fingerprint density at radius 2 is 0.610 bits per heavy atom. The first-order chi connectivity index (χ1) is 45.3. The highest BCUT2D eigenvalue weighted by Gasteiger charge is 2.57. The van der Waals surface area contributed by atoms with Crippen LogP contribution in [0, 0.1) is 98.1 Å². The van der Waals surface area contributed by atoms with E-state index in [-0.39, 0.29) is 48.3 Å². The molecule has 0 rings (SSSR count). The van der Waals surface area contributed by atoms with Crippen LogP contribution in [0.25, 0.3) is 0 Å². The second-order valence-electron chi connectivity index (χ2n) is 31.7. The predicted octanol–water partition coefficient (Wildman–Crippen LogP) is 34.1. The van der Waals surface area contributed by atoms with Crippen LogP contribution >= 0.6 is 0 Å². The van der Waals surface area contributed by atoms with Gasteiger partial charge >= 0.3 is 67.9 Å². The number of hydrogen-bond acceptors (Lipinski definition) is 0. The van der Waals surface area contributed by atoms with Crippen LogP contribution in [0.4, 0.5) is 145 Å². The molecule has 0 aliphatic heterocycles. The number of alkyl halides is 33. The van der Waals surface area contributed by atoms with Crippen LogP contribution < -0.4 is 0 Å². The van der Waals surface area contributed by atoms with Crippen molar-refractivity contribution in [2.45, 2.75) is 366 Å². The largest absolute Gasteiger partial charge is 0.400 e. The third kappa shape index (κ3) is 67.1. The minimum absolute atomic E-state index is 0.0658. The molecule has 0 aromatic heterocycles. The molecule has 0 N–H and O–H groups in total. The summed E-state index contributed by atoms with van der Waals surface area (Å²) in [6, 6.07) is 0. The number of unbranched alkanes of at least 4 members (excludes halogenated alkanes) is 1. The SMILES string of the molecule is CC(C)(C)C(C)(C)C.CC(C)C(C)(C)C(F)(F)F.CC(C)CC(C(F)(F)F)C(F)(F)F.CC(C)[C@@H](C)C(C)C(F)(F)F.CCC(C)(C)CC(F)(F)F.CCC(C)[C@@H](C)C(F)(F)F.CCC(CC)CC(F)(F)F.CCCC(C)(C)C(F)(F)F.CCCCC(C(F)(F)F)C(F)(F)F.CC[C@H](C)C(C)C(F)(F)F. The monoisotopic (exact) mass is 1620 g/mol. The van der Waals surface area contributed by atoms with Crippen molar-refractivity contribution in [1.29, 1.82) is 0 Å². The molecular weight excluding hydrogens is 1490 g/mol. The molecule has 105 heavy (non-hydrogen) atoms. The Morgan fingerprint density at radius 1 is 0.314 bits per heavy atom. The summed E-state index contributed by atoms with van der Waals surface area (Å²) in [5.41, 5.74) is -2.80. The summed E-state index contributed by atoms with van der Waals surface area (Å²) in [5, 5.41) is 0. The molecule has 0 aromatic carbocycles. The summed E-state index contributed by atoms with van der Waals surface area (Å²) in [5.74, 6) is -11.8. The van der Waals surface area contributed by atoms with Gasteiger partial charge in [0.25, 0.3) is 0 Å². The average Bonchev–Trinajstić information content (AvgIpc) is 0.841. The molecule has 650 valence electrons. The fraction of sp³-hybridized carbons (Fsp3) is 1.00. The number of halogens is 33. The maximum atomic E-state index is 12.1. The summed E-state index contributed by atoms with van der Waals surface area (Å²) >= 11 is 0. The van der Waals surface area contributed by atoms with E-state index in [2.05, 4.69) is 41.5 Å². The van der Waals surface area contributed by atoms with Gasteiger partial charge in [0.05, 0.1) is 28.6 Å². The molecular formula is C72H131F33. The Morgan fingerprint density at radius 3 is 0.695 bits per heavy atom. The summed E-state index contributed by atoms with van der Waals surface area (Å²) in [7, 11) is 0. The molecule has 0 fully saturated rings.